The molecule has 0 unspecified atom stereocenters. The molecule has 2 nitrogen and oxygen atoms in total. The lowest BCUT2D eigenvalue weighted by Gasteiger charge is -2.02. The number of nitrogens with zero attached hydrogens (tertiary/aromatic N) is 1. The fourth-order valence-corrected chi connectivity index (χ4v) is 1.44. The monoisotopic (exact) mass is 208 g/mol. The molecule has 1 heterocycles. The van der Waals surface area contributed by atoms with Crippen LogP contribution in [0.15, 0.2) is 18.5 Å². The first-order valence-corrected chi connectivity index (χ1v) is 5.78. The summed E-state index contributed by atoms with van der Waals surface area (Å²) in [6.45, 7) is 8.00. The van der Waals surface area contributed by atoms with Gasteiger partial charge in [0.1, 0.15) is 0 Å². The van der Waals surface area contributed by atoms with Crippen LogP contribution in [-0.4, -0.2) is 6.61 Å². The molecule has 0 amide bonds. The summed E-state index contributed by atoms with van der Waals surface area (Å²) in [7, 11) is 0. The van der Waals surface area contributed by atoms with Gasteiger partial charge in [-0.15, -0.1) is 0 Å². The van der Waals surface area contributed by atoms with Gasteiger partial charge in [0.05, 0.1) is 6.61 Å². The number of hydrogen-bond acceptors (Lipinski definition) is 1. The number of pyridine rings is 1. The highest BCUT2D eigenvalue weighted by atomic mass is 16.5. The SMILES string of the molecule is CCCCCOC[n+]1ccc(C)c(C)c1. The molecule has 1 aromatic heterocycles. The minimum absolute atomic E-state index is 0.671. The van der Waals surface area contributed by atoms with Crippen molar-refractivity contribution in [1.82, 2.24) is 0 Å². The highest BCUT2D eigenvalue weighted by Gasteiger charge is 2.02. The molecule has 0 aliphatic carbocycles. The van der Waals surface area contributed by atoms with Gasteiger partial charge in [0.2, 0.25) is 0 Å². The molecule has 0 N–H and O–H groups in total. The summed E-state index contributed by atoms with van der Waals surface area (Å²) in [5.74, 6) is 0. The average Bonchev–Trinajstić information content (AvgIpc) is 2.23. The highest BCUT2D eigenvalue weighted by Crippen LogP contribution is 2.00. The number of aryl methyl sites for hydroxylation is 2. The molecule has 0 bridgehead atoms. The van der Waals surface area contributed by atoms with Gasteiger partial charge in [-0.2, -0.15) is 4.57 Å². The molecule has 0 saturated heterocycles. The van der Waals surface area contributed by atoms with Crippen molar-refractivity contribution in [1.29, 1.82) is 0 Å². The molecule has 2 heteroatoms. The Labute approximate surface area is 92.9 Å². The highest BCUT2D eigenvalue weighted by molar-refractivity contribution is 5.16. The van der Waals surface area contributed by atoms with Gasteiger partial charge < -0.3 is 4.74 Å². The summed E-state index contributed by atoms with van der Waals surface area (Å²) >= 11 is 0. The van der Waals surface area contributed by atoms with E-state index in [0.29, 0.717) is 6.73 Å². The number of ether oxygens (including phenoxy) is 1. The molecule has 0 aromatic carbocycles. The summed E-state index contributed by atoms with van der Waals surface area (Å²) in [5.41, 5.74) is 2.65. The molecular weight excluding hydrogens is 186 g/mol. The van der Waals surface area contributed by atoms with Crippen LogP contribution in [0.5, 0.6) is 0 Å². The van der Waals surface area contributed by atoms with Gasteiger partial charge in [0.25, 0.3) is 6.73 Å². The second-order valence-corrected chi connectivity index (χ2v) is 4.07. The van der Waals surface area contributed by atoms with Crippen LogP contribution in [0.1, 0.15) is 37.3 Å². The third-order valence-corrected chi connectivity index (χ3v) is 2.63. The maximum atomic E-state index is 5.58. The zero-order valence-corrected chi connectivity index (χ0v) is 10.1. The van der Waals surface area contributed by atoms with Crippen LogP contribution in [0.4, 0.5) is 0 Å². The fraction of sp³-hybridized carbons (Fsp3) is 0.615. The zero-order valence-electron chi connectivity index (χ0n) is 10.1. The van der Waals surface area contributed by atoms with Crippen molar-refractivity contribution in [3.63, 3.8) is 0 Å². The molecule has 84 valence electrons. The molecule has 0 spiro atoms. The molecule has 0 atom stereocenters. The summed E-state index contributed by atoms with van der Waals surface area (Å²) in [6.07, 6.45) is 7.89. The fourth-order valence-electron chi connectivity index (χ4n) is 1.44. The molecule has 1 rings (SSSR count). The van der Waals surface area contributed by atoms with E-state index in [0.717, 1.165) is 6.61 Å². The third kappa shape index (κ3) is 4.43. The Hall–Kier alpha value is -0.890. The molecule has 15 heavy (non-hydrogen) atoms. The van der Waals surface area contributed by atoms with Crippen LogP contribution in [0.2, 0.25) is 0 Å². The Bertz CT molecular complexity index is 297. The van der Waals surface area contributed by atoms with Gasteiger partial charge in [-0.3, -0.25) is 0 Å². The molecule has 0 fully saturated rings. The van der Waals surface area contributed by atoms with Crippen molar-refractivity contribution < 1.29 is 9.30 Å². The van der Waals surface area contributed by atoms with Gasteiger partial charge in [0.15, 0.2) is 12.4 Å². The van der Waals surface area contributed by atoms with E-state index in [1.54, 1.807) is 0 Å². The number of hydrogen-bond donors (Lipinski definition) is 0. The van der Waals surface area contributed by atoms with Crippen molar-refractivity contribution in [2.75, 3.05) is 6.61 Å². The van der Waals surface area contributed by atoms with E-state index in [1.165, 1.54) is 30.4 Å². The van der Waals surface area contributed by atoms with E-state index in [-0.39, 0.29) is 0 Å². The van der Waals surface area contributed by atoms with E-state index in [2.05, 4.69) is 43.8 Å². The van der Waals surface area contributed by atoms with Gasteiger partial charge in [-0.1, -0.05) is 19.8 Å². The Morgan fingerprint density at radius 1 is 1.20 bits per heavy atom. The van der Waals surface area contributed by atoms with Crippen molar-refractivity contribution in [2.24, 2.45) is 0 Å². The Morgan fingerprint density at radius 2 is 2.00 bits per heavy atom. The first kappa shape index (κ1) is 12.2. The van der Waals surface area contributed by atoms with Gasteiger partial charge in [-0.05, 0) is 25.8 Å². The topological polar surface area (TPSA) is 13.1 Å². The Balaban J connectivity index is 2.28. The lowest BCUT2D eigenvalue weighted by atomic mass is 10.2. The summed E-state index contributed by atoms with van der Waals surface area (Å²) in [5, 5.41) is 0. The van der Waals surface area contributed by atoms with Crippen LogP contribution in [0.3, 0.4) is 0 Å². The standard InChI is InChI=1S/C13H22NO/c1-4-5-6-9-15-11-14-8-7-12(2)13(3)10-14/h7-8,10H,4-6,9,11H2,1-3H3/q+1. The van der Waals surface area contributed by atoms with Gasteiger partial charge >= 0.3 is 0 Å². The Morgan fingerprint density at radius 3 is 2.67 bits per heavy atom. The van der Waals surface area contributed by atoms with E-state index >= 15 is 0 Å². The van der Waals surface area contributed by atoms with E-state index < -0.39 is 0 Å². The number of aromatic nitrogens is 1. The second kappa shape index (κ2) is 6.57. The Kier molecular flexibility index (Phi) is 5.33. The average molecular weight is 208 g/mol. The second-order valence-electron chi connectivity index (χ2n) is 4.07. The van der Waals surface area contributed by atoms with Crippen LogP contribution in [-0.2, 0) is 11.5 Å². The lowest BCUT2D eigenvalue weighted by Crippen LogP contribution is -2.35. The van der Waals surface area contributed by atoms with E-state index in [1.807, 2.05) is 0 Å². The van der Waals surface area contributed by atoms with Crippen LogP contribution in [0.25, 0.3) is 0 Å². The minimum atomic E-state index is 0.671. The smallest absolute Gasteiger partial charge is 0.252 e. The molecule has 1 aromatic rings. The molecule has 0 aliphatic rings. The molecular formula is C13H22NO+. The van der Waals surface area contributed by atoms with Crippen molar-refractivity contribution >= 4 is 0 Å². The van der Waals surface area contributed by atoms with Crippen LogP contribution in [0, 0.1) is 13.8 Å². The molecule has 0 saturated carbocycles. The first-order chi connectivity index (χ1) is 7.24. The predicted molar refractivity (Wildman–Crippen MR) is 61.6 cm³/mol. The third-order valence-electron chi connectivity index (χ3n) is 2.63. The predicted octanol–water partition coefficient (Wildman–Crippen LogP) is 2.76. The van der Waals surface area contributed by atoms with Crippen molar-refractivity contribution in [3.05, 3.63) is 29.6 Å². The van der Waals surface area contributed by atoms with E-state index in [4.69, 9.17) is 4.74 Å². The molecule has 0 radical (unpaired) electrons. The maximum Gasteiger partial charge on any atom is 0.252 e. The minimum Gasteiger partial charge on any atom is -0.323 e. The van der Waals surface area contributed by atoms with Crippen molar-refractivity contribution in [2.45, 2.75) is 46.8 Å². The summed E-state index contributed by atoms with van der Waals surface area (Å²) in [6, 6.07) is 2.13. The maximum absolute atomic E-state index is 5.58. The number of unbranched alkanes of at least 4 members (excludes halogenated alkanes) is 2. The summed E-state index contributed by atoms with van der Waals surface area (Å²) < 4.78 is 7.67. The van der Waals surface area contributed by atoms with E-state index in [9.17, 15) is 0 Å². The summed E-state index contributed by atoms with van der Waals surface area (Å²) in [4.78, 5) is 0. The largest absolute Gasteiger partial charge is 0.323 e. The zero-order chi connectivity index (χ0) is 11.1. The van der Waals surface area contributed by atoms with Gasteiger partial charge in [-0.25, -0.2) is 0 Å². The van der Waals surface area contributed by atoms with Crippen molar-refractivity contribution in [3.8, 4) is 0 Å². The quantitative estimate of drug-likeness (QED) is 0.517. The lowest BCUT2D eigenvalue weighted by molar-refractivity contribution is -0.733. The van der Waals surface area contributed by atoms with Gasteiger partial charge in [0, 0.05) is 11.6 Å². The van der Waals surface area contributed by atoms with Crippen LogP contribution < -0.4 is 4.57 Å². The number of rotatable bonds is 6. The first-order valence-electron chi connectivity index (χ1n) is 5.78. The molecule has 0 aliphatic heterocycles. The van der Waals surface area contributed by atoms with Crippen LogP contribution >= 0.6 is 0 Å². The normalized spacial score (nSPS) is 10.6.